The van der Waals surface area contributed by atoms with Crippen molar-refractivity contribution in [1.29, 1.82) is 0 Å². The van der Waals surface area contributed by atoms with Gasteiger partial charge in [-0.25, -0.2) is 0 Å². The molecule has 2 amide bonds. The molecule has 8 heteroatoms. The Bertz CT molecular complexity index is 965. The topological polar surface area (TPSA) is 128 Å². The molecule has 2 aromatic carbocycles. The summed E-state index contributed by atoms with van der Waals surface area (Å²) in [7, 11) is 0. The lowest BCUT2D eigenvalue weighted by atomic mass is 10.1. The molecule has 5 N–H and O–H groups in total. The first-order valence-electron chi connectivity index (χ1n) is 9.62. The van der Waals surface area contributed by atoms with Crippen LogP contribution in [-0.4, -0.2) is 29.5 Å². The molecule has 2 aromatic rings. The molecule has 0 aromatic heterocycles. The molecular formula is C22H23BrN4O3. The Morgan fingerprint density at radius 2 is 1.70 bits per heavy atom. The fraction of sp³-hybridized carbons (Fsp3) is 0.273. The number of rotatable bonds is 4. The first-order chi connectivity index (χ1) is 14.3. The van der Waals surface area contributed by atoms with Gasteiger partial charge in [0.1, 0.15) is 23.7 Å². The van der Waals surface area contributed by atoms with Gasteiger partial charge in [0.05, 0.1) is 0 Å². The zero-order chi connectivity index (χ0) is 21.7. The quantitative estimate of drug-likeness (QED) is 0.593. The van der Waals surface area contributed by atoms with Crippen molar-refractivity contribution in [3.63, 3.8) is 0 Å². The number of aliphatic imine (C=N–C) groups is 1. The number of carbonyl (C=O) groups excluding carboxylic acids is 3. The predicted octanol–water partition coefficient (Wildman–Crippen LogP) is 2.62. The van der Waals surface area contributed by atoms with E-state index in [9.17, 15) is 14.4 Å². The lowest BCUT2D eigenvalue weighted by Crippen LogP contribution is -2.39. The fourth-order valence-electron chi connectivity index (χ4n) is 3.51. The molecule has 1 spiro atoms. The van der Waals surface area contributed by atoms with Crippen molar-refractivity contribution in [3.05, 3.63) is 69.7 Å². The van der Waals surface area contributed by atoms with Gasteiger partial charge in [-0.1, -0.05) is 52.3 Å². The molecule has 0 radical (unpaired) electrons. The SMILES string of the molecule is NC(=O)C(N)c1ccc(Br)cc1.O=Cc1ccc(C2=NC3(CCCC3)NC2=O)cc1. The molecule has 1 heterocycles. The standard InChI is InChI=1S/C14H14N2O2.C8H9BrN2O/c17-9-10-3-5-11(6-4-10)12-13(18)16-14(15-12)7-1-2-8-14;9-6-3-1-5(2-4-6)7(10)8(11)12/h3-6,9H,1-2,7-8H2,(H,16,18);1-4,7H,10H2,(H2,11,12). The molecule has 0 bridgehead atoms. The van der Waals surface area contributed by atoms with Crippen molar-refractivity contribution in [1.82, 2.24) is 5.32 Å². The van der Waals surface area contributed by atoms with Crippen molar-refractivity contribution >= 4 is 39.7 Å². The Kier molecular flexibility index (Phi) is 6.79. The number of nitrogens with two attached hydrogens (primary N) is 2. The summed E-state index contributed by atoms with van der Waals surface area (Å²) in [4.78, 5) is 37.8. The molecule has 2 aliphatic rings. The van der Waals surface area contributed by atoms with E-state index in [-0.39, 0.29) is 11.6 Å². The maximum atomic E-state index is 12.0. The van der Waals surface area contributed by atoms with Gasteiger partial charge in [-0.2, -0.15) is 0 Å². The predicted molar refractivity (Wildman–Crippen MR) is 118 cm³/mol. The van der Waals surface area contributed by atoms with Crippen molar-refractivity contribution in [2.75, 3.05) is 0 Å². The summed E-state index contributed by atoms with van der Waals surface area (Å²) in [6.45, 7) is 0. The van der Waals surface area contributed by atoms with Gasteiger partial charge in [0.2, 0.25) is 5.91 Å². The van der Waals surface area contributed by atoms with Crippen molar-refractivity contribution in [2.45, 2.75) is 37.4 Å². The molecule has 30 heavy (non-hydrogen) atoms. The van der Waals surface area contributed by atoms with Crippen LogP contribution in [0.1, 0.15) is 53.2 Å². The molecule has 1 unspecified atom stereocenters. The normalized spacial score (nSPS) is 17.5. The van der Waals surface area contributed by atoms with E-state index in [1.807, 2.05) is 12.1 Å². The van der Waals surface area contributed by atoms with E-state index in [1.165, 1.54) is 0 Å². The highest BCUT2D eigenvalue weighted by Gasteiger charge is 2.41. The van der Waals surface area contributed by atoms with Gasteiger partial charge >= 0.3 is 0 Å². The highest BCUT2D eigenvalue weighted by Crippen LogP contribution is 2.34. The van der Waals surface area contributed by atoms with Gasteiger partial charge in [0.15, 0.2) is 0 Å². The second kappa shape index (κ2) is 9.32. The van der Waals surface area contributed by atoms with Crippen LogP contribution in [0.25, 0.3) is 0 Å². The van der Waals surface area contributed by atoms with Crippen LogP contribution in [0.4, 0.5) is 0 Å². The Morgan fingerprint density at radius 1 is 1.10 bits per heavy atom. The average molecular weight is 471 g/mol. The van der Waals surface area contributed by atoms with Crippen LogP contribution in [-0.2, 0) is 9.59 Å². The molecule has 1 aliphatic carbocycles. The average Bonchev–Trinajstić information content (AvgIpc) is 3.34. The minimum atomic E-state index is -0.710. The number of halogens is 1. The highest BCUT2D eigenvalue weighted by molar-refractivity contribution is 9.10. The largest absolute Gasteiger partial charge is 0.368 e. The van der Waals surface area contributed by atoms with Gasteiger partial charge in [-0.15, -0.1) is 0 Å². The molecule has 7 nitrogen and oxygen atoms in total. The zero-order valence-electron chi connectivity index (χ0n) is 16.3. The lowest BCUT2D eigenvalue weighted by molar-refractivity contribution is -0.119. The van der Waals surface area contributed by atoms with E-state index >= 15 is 0 Å². The third-order valence-corrected chi connectivity index (χ3v) is 5.70. The van der Waals surface area contributed by atoms with Crippen LogP contribution in [0.2, 0.25) is 0 Å². The number of aldehydes is 1. The number of benzene rings is 2. The number of carbonyl (C=O) groups is 3. The van der Waals surface area contributed by atoms with Crippen LogP contribution in [0, 0.1) is 0 Å². The van der Waals surface area contributed by atoms with Crippen molar-refractivity contribution < 1.29 is 14.4 Å². The van der Waals surface area contributed by atoms with E-state index in [0.717, 1.165) is 47.6 Å². The van der Waals surface area contributed by atoms with Gasteiger partial charge in [-0.05, 0) is 43.4 Å². The van der Waals surface area contributed by atoms with Crippen molar-refractivity contribution in [2.24, 2.45) is 16.5 Å². The molecule has 1 aliphatic heterocycles. The molecule has 0 saturated heterocycles. The summed E-state index contributed by atoms with van der Waals surface area (Å²) in [6, 6.07) is 13.4. The van der Waals surface area contributed by atoms with Gasteiger partial charge in [-0.3, -0.25) is 19.4 Å². The monoisotopic (exact) mass is 470 g/mol. The first-order valence-corrected chi connectivity index (χ1v) is 10.4. The van der Waals surface area contributed by atoms with E-state index in [2.05, 4.69) is 26.2 Å². The van der Waals surface area contributed by atoms with E-state index in [0.29, 0.717) is 11.3 Å². The Balaban J connectivity index is 0.000000187. The van der Waals surface area contributed by atoms with Gasteiger partial charge < -0.3 is 16.8 Å². The Hall–Kier alpha value is -2.84. The van der Waals surface area contributed by atoms with Crippen LogP contribution < -0.4 is 16.8 Å². The number of amides is 2. The fourth-order valence-corrected chi connectivity index (χ4v) is 3.77. The highest BCUT2D eigenvalue weighted by atomic mass is 79.9. The third kappa shape index (κ3) is 5.01. The Labute approximate surface area is 183 Å². The second-order valence-corrected chi connectivity index (χ2v) is 8.24. The minimum Gasteiger partial charge on any atom is -0.368 e. The summed E-state index contributed by atoms with van der Waals surface area (Å²) >= 11 is 3.27. The summed E-state index contributed by atoms with van der Waals surface area (Å²) in [5.41, 5.74) is 12.8. The summed E-state index contributed by atoms with van der Waals surface area (Å²) in [5.74, 6) is -0.618. The van der Waals surface area contributed by atoms with E-state index in [4.69, 9.17) is 11.5 Å². The van der Waals surface area contributed by atoms with Crippen LogP contribution >= 0.6 is 15.9 Å². The molecule has 1 saturated carbocycles. The minimum absolute atomic E-state index is 0.101. The molecule has 156 valence electrons. The van der Waals surface area contributed by atoms with Crippen LogP contribution in [0.3, 0.4) is 0 Å². The number of primary amides is 1. The van der Waals surface area contributed by atoms with E-state index < -0.39 is 11.9 Å². The maximum absolute atomic E-state index is 12.0. The lowest BCUT2D eigenvalue weighted by Gasteiger charge is -2.18. The zero-order valence-corrected chi connectivity index (χ0v) is 17.9. The van der Waals surface area contributed by atoms with Gasteiger partial charge in [0.25, 0.3) is 5.91 Å². The number of nitrogens with one attached hydrogen (secondary N) is 1. The second-order valence-electron chi connectivity index (χ2n) is 7.32. The summed E-state index contributed by atoms with van der Waals surface area (Å²) in [6.07, 6.45) is 4.87. The molecule has 1 fully saturated rings. The maximum Gasteiger partial charge on any atom is 0.272 e. The molecule has 1 atom stereocenters. The smallest absolute Gasteiger partial charge is 0.272 e. The summed E-state index contributed by atoms with van der Waals surface area (Å²) < 4.78 is 0.947. The van der Waals surface area contributed by atoms with Gasteiger partial charge in [0, 0.05) is 15.6 Å². The van der Waals surface area contributed by atoms with Crippen LogP contribution in [0.5, 0.6) is 0 Å². The molecular weight excluding hydrogens is 448 g/mol. The van der Waals surface area contributed by atoms with Crippen LogP contribution in [0.15, 0.2) is 58.0 Å². The number of hydrogen-bond donors (Lipinski definition) is 3. The van der Waals surface area contributed by atoms with E-state index in [1.54, 1.807) is 36.4 Å². The first kappa shape index (κ1) is 21.9. The summed E-state index contributed by atoms with van der Waals surface area (Å²) in [5, 5.41) is 2.99. The third-order valence-electron chi connectivity index (χ3n) is 5.17. The van der Waals surface area contributed by atoms with Crippen molar-refractivity contribution in [3.8, 4) is 0 Å². The number of hydrogen-bond acceptors (Lipinski definition) is 5. The number of nitrogens with zero attached hydrogens (tertiary/aromatic N) is 1. The Morgan fingerprint density at radius 3 is 2.23 bits per heavy atom. The molecule has 4 rings (SSSR count).